The normalized spacial score (nSPS) is 17.2. The van der Waals surface area contributed by atoms with Gasteiger partial charge in [0.2, 0.25) is 5.91 Å². The first kappa shape index (κ1) is 18.5. The van der Waals surface area contributed by atoms with Crippen LogP contribution >= 0.6 is 0 Å². The molecule has 0 radical (unpaired) electrons. The van der Waals surface area contributed by atoms with Crippen molar-refractivity contribution in [3.05, 3.63) is 0 Å². The number of aliphatic hydroxyl groups excluding tert-OH is 1. The molecule has 1 aliphatic rings. The minimum atomic E-state index is -0.208. The minimum Gasteiger partial charge on any atom is -0.393 e. The van der Waals surface area contributed by atoms with Crippen molar-refractivity contribution >= 4 is 5.91 Å². The zero-order valence-electron chi connectivity index (χ0n) is 14.4. The smallest absolute Gasteiger partial charge is 0.228 e. The molecule has 0 aliphatic carbocycles. The van der Waals surface area contributed by atoms with Crippen molar-refractivity contribution in [1.82, 2.24) is 4.90 Å². The molecule has 1 fully saturated rings. The molecule has 0 atom stereocenters. The highest BCUT2D eigenvalue weighted by molar-refractivity contribution is 5.82. The summed E-state index contributed by atoms with van der Waals surface area (Å²) >= 11 is 0. The molecule has 3 heteroatoms. The summed E-state index contributed by atoms with van der Waals surface area (Å²) in [5, 5.41) is 9.62. The molecule has 3 nitrogen and oxygen atoms in total. The second kappa shape index (κ2) is 9.45. The number of carbonyl (C=O) groups excluding carboxylic acids is 1. The van der Waals surface area contributed by atoms with E-state index in [4.69, 9.17) is 0 Å². The molecule has 124 valence electrons. The predicted molar refractivity (Wildman–Crippen MR) is 88.2 cm³/mol. The van der Waals surface area contributed by atoms with Crippen molar-refractivity contribution < 1.29 is 9.90 Å². The van der Waals surface area contributed by atoms with Gasteiger partial charge in [0.25, 0.3) is 0 Å². The maximum absolute atomic E-state index is 13.0. The van der Waals surface area contributed by atoms with Crippen molar-refractivity contribution in [2.75, 3.05) is 13.1 Å². The zero-order valence-corrected chi connectivity index (χ0v) is 14.4. The predicted octanol–water partition coefficient (Wildman–Crippen LogP) is 4.14. The molecule has 0 unspecified atom stereocenters. The molecule has 1 N–H and O–H groups in total. The van der Waals surface area contributed by atoms with E-state index in [-0.39, 0.29) is 11.5 Å². The number of hydrogen-bond acceptors (Lipinski definition) is 2. The highest BCUT2D eigenvalue weighted by Gasteiger charge is 2.36. The Morgan fingerprint density at radius 3 is 1.95 bits per heavy atom. The Labute approximate surface area is 131 Å². The van der Waals surface area contributed by atoms with Crippen molar-refractivity contribution in [3.63, 3.8) is 0 Å². The molecule has 1 rings (SSSR count). The van der Waals surface area contributed by atoms with E-state index in [1.54, 1.807) is 0 Å². The monoisotopic (exact) mass is 297 g/mol. The van der Waals surface area contributed by atoms with E-state index in [1.165, 1.54) is 25.7 Å². The van der Waals surface area contributed by atoms with Gasteiger partial charge in [-0.1, -0.05) is 59.3 Å². The molecule has 21 heavy (non-hydrogen) atoms. The van der Waals surface area contributed by atoms with Crippen molar-refractivity contribution in [2.24, 2.45) is 5.41 Å². The molecule has 0 bridgehead atoms. The van der Waals surface area contributed by atoms with Crippen molar-refractivity contribution in [2.45, 2.75) is 91.1 Å². The molecule has 0 saturated carbocycles. The van der Waals surface area contributed by atoms with E-state index in [9.17, 15) is 9.90 Å². The molecule has 1 amide bonds. The Morgan fingerprint density at radius 1 is 1.05 bits per heavy atom. The van der Waals surface area contributed by atoms with Crippen LogP contribution in [0.1, 0.15) is 85.0 Å². The lowest BCUT2D eigenvalue weighted by atomic mass is 9.78. The fourth-order valence-corrected chi connectivity index (χ4v) is 3.32. The van der Waals surface area contributed by atoms with Gasteiger partial charge in [0.15, 0.2) is 0 Å². The lowest BCUT2D eigenvalue weighted by molar-refractivity contribution is -0.144. The maximum atomic E-state index is 13.0. The molecule has 0 aromatic rings. The van der Waals surface area contributed by atoms with Gasteiger partial charge in [-0.3, -0.25) is 4.79 Å². The molecule has 0 spiro atoms. The molecule has 0 aromatic heterocycles. The van der Waals surface area contributed by atoms with Crippen LogP contribution in [0.3, 0.4) is 0 Å². The fraction of sp³-hybridized carbons (Fsp3) is 0.944. The van der Waals surface area contributed by atoms with Crippen LogP contribution in [-0.2, 0) is 4.79 Å². The van der Waals surface area contributed by atoms with E-state index in [1.807, 2.05) is 4.90 Å². The van der Waals surface area contributed by atoms with Gasteiger partial charge in [0.1, 0.15) is 0 Å². The van der Waals surface area contributed by atoms with Crippen LogP contribution in [0.25, 0.3) is 0 Å². The summed E-state index contributed by atoms with van der Waals surface area (Å²) in [5.41, 5.74) is -0.188. The van der Waals surface area contributed by atoms with Crippen LogP contribution in [0.2, 0.25) is 0 Å². The molecule has 1 heterocycles. The van der Waals surface area contributed by atoms with Gasteiger partial charge in [-0.05, 0) is 25.7 Å². The standard InChI is InChI=1S/C18H35NO2/c1-4-6-8-12-18(3,13-9-7-5-2)17(21)19-14-10-16(20)11-15-19/h16,20H,4-15H2,1-3H3. The summed E-state index contributed by atoms with van der Waals surface area (Å²) in [6, 6.07) is 0. The highest BCUT2D eigenvalue weighted by atomic mass is 16.3. The van der Waals surface area contributed by atoms with E-state index in [0.717, 1.165) is 51.6 Å². The third kappa shape index (κ3) is 5.98. The summed E-state index contributed by atoms with van der Waals surface area (Å²) in [4.78, 5) is 15.0. The number of amides is 1. The fourth-order valence-electron chi connectivity index (χ4n) is 3.32. The maximum Gasteiger partial charge on any atom is 0.228 e. The first-order valence-electron chi connectivity index (χ1n) is 9.01. The number of piperidine rings is 1. The van der Waals surface area contributed by atoms with Crippen LogP contribution in [-0.4, -0.2) is 35.1 Å². The lowest BCUT2D eigenvalue weighted by Gasteiger charge is -2.38. The number of nitrogens with zero attached hydrogens (tertiary/aromatic N) is 1. The Kier molecular flexibility index (Phi) is 8.31. The van der Waals surface area contributed by atoms with Crippen molar-refractivity contribution in [3.8, 4) is 0 Å². The Hall–Kier alpha value is -0.570. The van der Waals surface area contributed by atoms with Gasteiger partial charge in [0, 0.05) is 18.5 Å². The quantitative estimate of drug-likeness (QED) is 0.650. The van der Waals surface area contributed by atoms with E-state index < -0.39 is 0 Å². The third-order valence-corrected chi connectivity index (χ3v) is 4.93. The van der Waals surface area contributed by atoms with Gasteiger partial charge < -0.3 is 10.0 Å². The van der Waals surface area contributed by atoms with Crippen LogP contribution in [0.4, 0.5) is 0 Å². The first-order valence-corrected chi connectivity index (χ1v) is 9.01. The molecule has 0 aromatic carbocycles. The van der Waals surface area contributed by atoms with Gasteiger partial charge in [-0.25, -0.2) is 0 Å². The SMILES string of the molecule is CCCCCC(C)(CCCCC)C(=O)N1CCC(O)CC1. The van der Waals surface area contributed by atoms with E-state index >= 15 is 0 Å². The zero-order chi connectivity index (χ0) is 15.7. The minimum absolute atomic E-state index is 0.188. The van der Waals surface area contributed by atoms with Crippen LogP contribution in [0.15, 0.2) is 0 Å². The Bertz CT molecular complexity index is 286. The molecular formula is C18H35NO2. The number of likely N-dealkylation sites (tertiary alicyclic amines) is 1. The van der Waals surface area contributed by atoms with E-state index in [0.29, 0.717) is 5.91 Å². The highest BCUT2D eigenvalue weighted by Crippen LogP contribution is 2.34. The number of hydrogen-bond donors (Lipinski definition) is 1. The molecule has 1 aliphatic heterocycles. The largest absolute Gasteiger partial charge is 0.393 e. The first-order chi connectivity index (χ1) is 10.0. The van der Waals surface area contributed by atoms with Gasteiger partial charge >= 0.3 is 0 Å². The topological polar surface area (TPSA) is 40.5 Å². The number of rotatable bonds is 9. The van der Waals surface area contributed by atoms with Crippen molar-refractivity contribution in [1.29, 1.82) is 0 Å². The third-order valence-electron chi connectivity index (χ3n) is 4.93. The summed E-state index contributed by atoms with van der Waals surface area (Å²) in [6.45, 7) is 8.06. The summed E-state index contributed by atoms with van der Waals surface area (Å²) in [5.74, 6) is 0.335. The average molecular weight is 297 g/mol. The molecular weight excluding hydrogens is 262 g/mol. The van der Waals surface area contributed by atoms with Crippen LogP contribution < -0.4 is 0 Å². The van der Waals surface area contributed by atoms with Crippen LogP contribution in [0.5, 0.6) is 0 Å². The second-order valence-corrected chi connectivity index (χ2v) is 7.00. The van der Waals surface area contributed by atoms with Crippen LogP contribution in [0, 0.1) is 5.41 Å². The van der Waals surface area contributed by atoms with E-state index in [2.05, 4.69) is 20.8 Å². The van der Waals surface area contributed by atoms with Gasteiger partial charge in [0.05, 0.1) is 6.10 Å². The lowest BCUT2D eigenvalue weighted by Crippen LogP contribution is -2.47. The average Bonchev–Trinajstić information content (AvgIpc) is 2.48. The Balaban J connectivity index is 2.61. The number of unbranched alkanes of at least 4 members (excludes halogenated alkanes) is 4. The summed E-state index contributed by atoms with van der Waals surface area (Å²) < 4.78 is 0. The summed E-state index contributed by atoms with van der Waals surface area (Å²) in [7, 11) is 0. The summed E-state index contributed by atoms with van der Waals surface area (Å²) in [6.07, 6.45) is 10.5. The van der Waals surface area contributed by atoms with Gasteiger partial charge in [-0.15, -0.1) is 0 Å². The number of aliphatic hydroxyl groups is 1. The molecule has 1 saturated heterocycles. The van der Waals surface area contributed by atoms with Gasteiger partial charge in [-0.2, -0.15) is 0 Å². The number of carbonyl (C=O) groups is 1. The second-order valence-electron chi connectivity index (χ2n) is 7.00. The Morgan fingerprint density at radius 2 is 1.52 bits per heavy atom.